The van der Waals surface area contributed by atoms with Crippen molar-refractivity contribution in [1.82, 2.24) is 10.3 Å². The molecule has 3 heterocycles. The molecule has 1 saturated carbocycles. The third kappa shape index (κ3) is 3.43. The fraction of sp³-hybridized carbons (Fsp3) is 0.435. The molecule has 3 N–H and O–H groups in total. The summed E-state index contributed by atoms with van der Waals surface area (Å²) in [6, 6.07) is 7.82. The van der Waals surface area contributed by atoms with Crippen LogP contribution in [0.5, 0.6) is 0 Å². The minimum Gasteiger partial charge on any atom is -0.366 e. The van der Waals surface area contributed by atoms with Crippen molar-refractivity contribution in [2.45, 2.75) is 62.1 Å². The molecule has 31 heavy (non-hydrogen) atoms. The van der Waals surface area contributed by atoms with Crippen LogP contribution in [0.25, 0.3) is 0 Å². The lowest BCUT2D eigenvalue weighted by Gasteiger charge is -2.40. The summed E-state index contributed by atoms with van der Waals surface area (Å²) in [7, 11) is 0. The molecule has 0 radical (unpaired) electrons. The van der Waals surface area contributed by atoms with Crippen molar-refractivity contribution < 1.29 is 18.4 Å². The molecule has 2 bridgehead atoms. The van der Waals surface area contributed by atoms with Crippen molar-refractivity contribution >= 4 is 17.6 Å². The normalized spacial score (nSPS) is 25.9. The van der Waals surface area contributed by atoms with E-state index in [1.54, 1.807) is 6.07 Å². The van der Waals surface area contributed by atoms with Gasteiger partial charge in [0, 0.05) is 24.3 Å². The molecule has 1 aromatic carbocycles. The number of rotatable bonds is 5. The average molecular weight is 426 g/mol. The van der Waals surface area contributed by atoms with Gasteiger partial charge in [-0.1, -0.05) is 6.07 Å². The minimum absolute atomic E-state index is 0.0360. The average Bonchev–Trinajstić information content (AvgIpc) is 3.51. The first-order chi connectivity index (χ1) is 14.9. The maximum atomic E-state index is 13.7. The van der Waals surface area contributed by atoms with Crippen molar-refractivity contribution in [2.75, 3.05) is 4.90 Å². The number of pyridine rings is 1. The number of halogens is 2. The molecule has 3 fully saturated rings. The largest absolute Gasteiger partial charge is 0.366 e. The van der Waals surface area contributed by atoms with Gasteiger partial charge in [-0.15, -0.1) is 0 Å². The summed E-state index contributed by atoms with van der Waals surface area (Å²) in [4.78, 5) is 31.1. The summed E-state index contributed by atoms with van der Waals surface area (Å²) in [5.74, 6) is -1.60. The molecule has 6 nitrogen and oxygen atoms in total. The Morgan fingerprint density at radius 3 is 2.32 bits per heavy atom. The number of carbonyl (C=O) groups is 2. The van der Waals surface area contributed by atoms with Crippen molar-refractivity contribution in [3.05, 3.63) is 59.3 Å². The fourth-order valence-electron chi connectivity index (χ4n) is 5.24. The first kappa shape index (κ1) is 19.9. The van der Waals surface area contributed by atoms with Gasteiger partial charge in [0.2, 0.25) is 11.8 Å². The number of anilines is 1. The number of nitrogens with zero attached hydrogens (tertiary/aromatic N) is 2. The Morgan fingerprint density at radius 1 is 1.06 bits per heavy atom. The maximum absolute atomic E-state index is 13.7. The van der Waals surface area contributed by atoms with Gasteiger partial charge < -0.3 is 16.0 Å². The molecule has 5 rings (SSSR count). The van der Waals surface area contributed by atoms with E-state index in [9.17, 15) is 18.4 Å². The van der Waals surface area contributed by atoms with Crippen LogP contribution in [0.1, 0.15) is 54.4 Å². The first-order valence-corrected chi connectivity index (χ1v) is 10.7. The fourth-order valence-corrected chi connectivity index (χ4v) is 5.24. The number of piperidine rings is 1. The van der Waals surface area contributed by atoms with E-state index in [0.29, 0.717) is 24.0 Å². The SMILES string of the molecule is NC(=O)c1ccc(N2C3CCC2CC(NC(=O)C2(c4ccc(F)c(F)c4)CC2)C3)nc1. The summed E-state index contributed by atoms with van der Waals surface area (Å²) in [5.41, 5.74) is 5.48. The third-order valence-corrected chi connectivity index (χ3v) is 7.02. The lowest BCUT2D eigenvalue weighted by atomic mass is 9.92. The van der Waals surface area contributed by atoms with Crippen LogP contribution in [-0.2, 0) is 10.2 Å². The van der Waals surface area contributed by atoms with E-state index < -0.39 is 23.0 Å². The number of carbonyl (C=O) groups excluding carboxylic acids is 2. The maximum Gasteiger partial charge on any atom is 0.250 e. The minimum atomic E-state index is -0.919. The van der Waals surface area contributed by atoms with Crippen LogP contribution in [0, 0.1) is 11.6 Å². The van der Waals surface area contributed by atoms with Crippen LogP contribution >= 0.6 is 0 Å². The topological polar surface area (TPSA) is 88.3 Å². The van der Waals surface area contributed by atoms with Crippen LogP contribution in [0.4, 0.5) is 14.6 Å². The number of hydrogen-bond acceptors (Lipinski definition) is 4. The second-order valence-electron chi connectivity index (χ2n) is 8.91. The highest BCUT2D eigenvalue weighted by Gasteiger charge is 2.52. The van der Waals surface area contributed by atoms with Gasteiger partial charge in [0.1, 0.15) is 5.82 Å². The zero-order valence-corrected chi connectivity index (χ0v) is 17.0. The molecular formula is C23H24F2N4O2. The quantitative estimate of drug-likeness (QED) is 0.770. The lowest BCUT2D eigenvalue weighted by Crippen LogP contribution is -2.52. The second-order valence-corrected chi connectivity index (χ2v) is 8.91. The zero-order valence-electron chi connectivity index (χ0n) is 17.0. The number of nitrogens with two attached hydrogens (primary N) is 1. The van der Waals surface area contributed by atoms with Gasteiger partial charge in [-0.05, 0) is 68.4 Å². The Bertz CT molecular complexity index is 1020. The Morgan fingerprint density at radius 2 is 1.77 bits per heavy atom. The van der Waals surface area contributed by atoms with Crippen LogP contribution in [0.3, 0.4) is 0 Å². The molecule has 0 spiro atoms. The molecule has 3 aliphatic rings. The summed E-state index contributed by atoms with van der Waals surface area (Å²) < 4.78 is 27.0. The van der Waals surface area contributed by atoms with Crippen LogP contribution < -0.4 is 16.0 Å². The number of hydrogen-bond donors (Lipinski definition) is 2. The highest BCUT2D eigenvalue weighted by molar-refractivity contribution is 5.92. The van der Waals surface area contributed by atoms with Gasteiger partial charge >= 0.3 is 0 Å². The zero-order chi connectivity index (χ0) is 21.8. The van der Waals surface area contributed by atoms with Crippen molar-refractivity contribution in [3.63, 3.8) is 0 Å². The van der Waals surface area contributed by atoms with E-state index in [-0.39, 0.29) is 24.0 Å². The van der Waals surface area contributed by atoms with Crippen molar-refractivity contribution in [2.24, 2.45) is 5.73 Å². The Hall–Kier alpha value is -3.03. The molecule has 1 aliphatic carbocycles. The number of fused-ring (bicyclic) bond motifs is 2. The predicted molar refractivity (Wildman–Crippen MR) is 110 cm³/mol. The van der Waals surface area contributed by atoms with E-state index in [0.717, 1.165) is 43.6 Å². The Balaban J connectivity index is 1.27. The predicted octanol–water partition coefficient (Wildman–Crippen LogP) is 2.81. The molecule has 2 unspecified atom stereocenters. The molecular weight excluding hydrogens is 402 g/mol. The second kappa shape index (κ2) is 7.28. The highest BCUT2D eigenvalue weighted by Crippen LogP contribution is 2.49. The van der Waals surface area contributed by atoms with E-state index in [2.05, 4.69) is 15.2 Å². The van der Waals surface area contributed by atoms with Gasteiger partial charge in [0.15, 0.2) is 11.6 Å². The van der Waals surface area contributed by atoms with E-state index in [1.165, 1.54) is 12.3 Å². The van der Waals surface area contributed by atoms with Crippen LogP contribution in [0.2, 0.25) is 0 Å². The summed E-state index contributed by atoms with van der Waals surface area (Å²) in [5, 5.41) is 3.19. The molecule has 162 valence electrons. The van der Waals surface area contributed by atoms with E-state index in [1.807, 2.05) is 6.07 Å². The molecule has 8 heteroatoms. The third-order valence-electron chi connectivity index (χ3n) is 7.02. The Labute approximate surface area is 178 Å². The number of primary amides is 1. The van der Waals surface area contributed by atoms with Crippen molar-refractivity contribution in [3.8, 4) is 0 Å². The highest BCUT2D eigenvalue weighted by atomic mass is 19.2. The number of nitrogens with one attached hydrogen (secondary N) is 1. The molecule has 1 aromatic heterocycles. The standard InChI is InChI=1S/C23H24F2N4O2/c24-18-5-2-14(9-19(18)25)23(7-8-23)22(31)28-15-10-16-3-4-17(11-15)29(16)20-6-1-13(12-27-20)21(26)30/h1-2,5-6,9,12,15-17H,3-4,7-8,10-11H2,(H2,26,30)(H,28,31). The van der Waals surface area contributed by atoms with Crippen LogP contribution in [0.15, 0.2) is 36.5 Å². The smallest absolute Gasteiger partial charge is 0.250 e. The summed E-state index contributed by atoms with van der Waals surface area (Å²) in [6.45, 7) is 0. The van der Waals surface area contributed by atoms with Gasteiger partial charge in [0.25, 0.3) is 0 Å². The summed E-state index contributed by atoms with van der Waals surface area (Å²) in [6.07, 6.45) is 6.43. The summed E-state index contributed by atoms with van der Waals surface area (Å²) >= 11 is 0. The van der Waals surface area contributed by atoms with Gasteiger partial charge in [-0.2, -0.15) is 0 Å². The Kier molecular flexibility index (Phi) is 4.68. The lowest BCUT2D eigenvalue weighted by molar-refractivity contribution is -0.124. The van der Waals surface area contributed by atoms with Gasteiger partial charge in [-0.25, -0.2) is 13.8 Å². The first-order valence-electron chi connectivity index (χ1n) is 10.7. The molecule has 2 atom stereocenters. The van der Waals surface area contributed by atoms with Crippen LogP contribution in [-0.4, -0.2) is 34.9 Å². The number of benzene rings is 1. The van der Waals surface area contributed by atoms with Gasteiger partial charge in [-0.3, -0.25) is 9.59 Å². The van der Waals surface area contributed by atoms with Crippen molar-refractivity contribution in [1.29, 1.82) is 0 Å². The molecule has 2 saturated heterocycles. The monoisotopic (exact) mass is 426 g/mol. The molecule has 2 aliphatic heterocycles. The van der Waals surface area contributed by atoms with E-state index in [4.69, 9.17) is 5.73 Å². The molecule has 2 aromatic rings. The molecule has 2 amide bonds. The van der Waals surface area contributed by atoms with E-state index >= 15 is 0 Å². The number of amides is 2. The number of aromatic nitrogens is 1. The van der Waals surface area contributed by atoms with Gasteiger partial charge in [0.05, 0.1) is 11.0 Å².